The van der Waals surface area contributed by atoms with Crippen LogP contribution in [0.3, 0.4) is 0 Å². The minimum atomic E-state index is -3.88. The van der Waals surface area contributed by atoms with E-state index in [-0.39, 0.29) is 16.4 Å². The zero-order chi connectivity index (χ0) is 14.0. The van der Waals surface area contributed by atoms with Crippen molar-refractivity contribution in [3.63, 3.8) is 0 Å². The topological polar surface area (TPSA) is 85.1 Å². The summed E-state index contributed by atoms with van der Waals surface area (Å²) in [7, 11) is -3.88. The SMILES string of the molecule is Cc1cccc(F)c1NS(=O)(=O)c1ccc(N)nc1. The average molecular weight is 281 g/mol. The summed E-state index contributed by atoms with van der Waals surface area (Å²) in [6.07, 6.45) is 1.12. The molecule has 0 atom stereocenters. The number of aryl methyl sites for hydroxylation is 1. The number of para-hydroxylation sites is 1. The first kappa shape index (κ1) is 13.3. The first-order chi connectivity index (χ1) is 8.90. The molecule has 7 heteroatoms. The van der Waals surface area contributed by atoms with Gasteiger partial charge in [-0.1, -0.05) is 12.1 Å². The molecule has 2 rings (SSSR count). The number of hydrogen-bond donors (Lipinski definition) is 2. The number of rotatable bonds is 3. The maximum absolute atomic E-state index is 13.6. The maximum atomic E-state index is 13.6. The lowest BCUT2D eigenvalue weighted by Gasteiger charge is -2.11. The fraction of sp³-hybridized carbons (Fsp3) is 0.0833. The number of nitrogen functional groups attached to an aromatic ring is 1. The van der Waals surface area contributed by atoms with Gasteiger partial charge in [0.15, 0.2) is 0 Å². The van der Waals surface area contributed by atoms with Crippen molar-refractivity contribution in [3.8, 4) is 0 Å². The zero-order valence-electron chi connectivity index (χ0n) is 10.1. The van der Waals surface area contributed by atoms with Gasteiger partial charge in [0.1, 0.15) is 16.5 Å². The number of nitrogens with zero attached hydrogens (tertiary/aromatic N) is 1. The van der Waals surface area contributed by atoms with Crippen molar-refractivity contribution in [3.05, 3.63) is 47.9 Å². The lowest BCUT2D eigenvalue weighted by Crippen LogP contribution is -2.15. The number of nitrogens with two attached hydrogens (primary N) is 1. The number of anilines is 2. The summed E-state index contributed by atoms with van der Waals surface area (Å²) in [4.78, 5) is 3.62. The molecule has 1 aromatic heterocycles. The maximum Gasteiger partial charge on any atom is 0.263 e. The molecule has 0 aliphatic carbocycles. The molecule has 0 saturated carbocycles. The molecule has 19 heavy (non-hydrogen) atoms. The second-order valence-electron chi connectivity index (χ2n) is 3.96. The van der Waals surface area contributed by atoms with Crippen LogP contribution in [0.1, 0.15) is 5.56 Å². The van der Waals surface area contributed by atoms with E-state index in [9.17, 15) is 12.8 Å². The Hall–Kier alpha value is -2.15. The quantitative estimate of drug-likeness (QED) is 0.900. The van der Waals surface area contributed by atoms with Gasteiger partial charge in [0.05, 0.1) is 5.69 Å². The van der Waals surface area contributed by atoms with Crippen LogP contribution in [0, 0.1) is 12.7 Å². The third-order valence-electron chi connectivity index (χ3n) is 2.53. The first-order valence-corrected chi connectivity index (χ1v) is 6.88. The standard InChI is InChI=1S/C12H12FN3O2S/c1-8-3-2-4-10(13)12(8)16-19(17,18)9-5-6-11(14)15-7-9/h2-7,16H,1H3,(H2,14,15). The summed E-state index contributed by atoms with van der Waals surface area (Å²) in [5, 5.41) is 0. The minimum absolute atomic E-state index is 0.0701. The van der Waals surface area contributed by atoms with Gasteiger partial charge < -0.3 is 5.73 Å². The molecule has 0 saturated heterocycles. The van der Waals surface area contributed by atoms with E-state index in [1.54, 1.807) is 13.0 Å². The highest BCUT2D eigenvalue weighted by Gasteiger charge is 2.17. The average Bonchev–Trinajstić information content (AvgIpc) is 2.35. The van der Waals surface area contributed by atoms with Crippen molar-refractivity contribution < 1.29 is 12.8 Å². The third kappa shape index (κ3) is 2.82. The molecule has 1 aromatic carbocycles. The molecule has 100 valence electrons. The number of benzene rings is 1. The summed E-state index contributed by atoms with van der Waals surface area (Å²) in [6.45, 7) is 1.61. The molecule has 1 heterocycles. The Morgan fingerprint density at radius 2 is 2.00 bits per heavy atom. The van der Waals surface area contributed by atoms with Gasteiger partial charge in [0, 0.05) is 6.20 Å². The molecule has 0 amide bonds. The predicted molar refractivity (Wildman–Crippen MR) is 70.6 cm³/mol. The van der Waals surface area contributed by atoms with E-state index < -0.39 is 15.8 Å². The summed E-state index contributed by atoms with van der Waals surface area (Å²) in [6, 6.07) is 6.98. The Bertz CT molecular complexity index is 679. The first-order valence-electron chi connectivity index (χ1n) is 5.39. The van der Waals surface area contributed by atoms with Crippen LogP contribution in [0.25, 0.3) is 0 Å². The van der Waals surface area contributed by atoms with Gasteiger partial charge in [-0.25, -0.2) is 17.8 Å². The molecule has 0 radical (unpaired) electrons. The summed E-state index contributed by atoms with van der Waals surface area (Å²) in [5.41, 5.74) is 5.81. The van der Waals surface area contributed by atoms with Crippen molar-refractivity contribution in [1.29, 1.82) is 0 Å². The molecule has 0 unspecified atom stereocenters. The van der Waals surface area contributed by atoms with Crippen molar-refractivity contribution in [2.75, 3.05) is 10.5 Å². The Morgan fingerprint density at radius 1 is 1.26 bits per heavy atom. The largest absolute Gasteiger partial charge is 0.384 e. The molecule has 3 N–H and O–H groups in total. The zero-order valence-corrected chi connectivity index (χ0v) is 10.9. The molecular weight excluding hydrogens is 269 g/mol. The van der Waals surface area contributed by atoms with Gasteiger partial charge in [0.25, 0.3) is 10.0 Å². The molecule has 0 aliphatic heterocycles. The second-order valence-corrected chi connectivity index (χ2v) is 5.64. The van der Waals surface area contributed by atoms with Crippen LogP contribution in [0.5, 0.6) is 0 Å². The summed E-state index contributed by atoms with van der Waals surface area (Å²) in [5.74, 6) is -0.423. The molecule has 0 bridgehead atoms. The van der Waals surface area contributed by atoms with E-state index in [0.29, 0.717) is 5.56 Å². The fourth-order valence-corrected chi connectivity index (χ4v) is 2.59. The highest BCUT2D eigenvalue weighted by Crippen LogP contribution is 2.22. The second kappa shape index (κ2) is 4.85. The van der Waals surface area contributed by atoms with Crippen molar-refractivity contribution >= 4 is 21.5 Å². The Labute approximate surface area is 110 Å². The highest BCUT2D eigenvalue weighted by molar-refractivity contribution is 7.92. The van der Waals surface area contributed by atoms with Gasteiger partial charge in [-0.2, -0.15) is 0 Å². The monoisotopic (exact) mass is 281 g/mol. The molecular formula is C12H12FN3O2S. The van der Waals surface area contributed by atoms with Crippen molar-refractivity contribution in [1.82, 2.24) is 4.98 Å². The Morgan fingerprint density at radius 3 is 2.58 bits per heavy atom. The van der Waals surface area contributed by atoms with Crippen LogP contribution in [0.15, 0.2) is 41.4 Å². The normalized spacial score (nSPS) is 11.3. The van der Waals surface area contributed by atoms with Gasteiger partial charge in [0.2, 0.25) is 0 Å². The molecule has 0 spiro atoms. The lowest BCUT2D eigenvalue weighted by molar-refractivity contribution is 0.598. The number of halogens is 1. The van der Waals surface area contributed by atoms with Gasteiger partial charge in [-0.3, -0.25) is 4.72 Å². The van der Waals surface area contributed by atoms with E-state index in [2.05, 4.69) is 9.71 Å². The van der Waals surface area contributed by atoms with Gasteiger partial charge >= 0.3 is 0 Å². The molecule has 0 aliphatic rings. The van der Waals surface area contributed by atoms with Crippen molar-refractivity contribution in [2.24, 2.45) is 0 Å². The van der Waals surface area contributed by atoms with Crippen LogP contribution in [-0.4, -0.2) is 13.4 Å². The Kier molecular flexibility index (Phi) is 3.39. The third-order valence-corrected chi connectivity index (χ3v) is 3.86. The molecule has 5 nitrogen and oxygen atoms in total. The van der Waals surface area contributed by atoms with Crippen LogP contribution in [0.4, 0.5) is 15.9 Å². The summed E-state index contributed by atoms with van der Waals surface area (Å²) < 4.78 is 39.9. The van der Waals surface area contributed by atoms with Gasteiger partial charge in [-0.15, -0.1) is 0 Å². The molecule has 2 aromatic rings. The van der Waals surface area contributed by atoms with Gasteiger partial charge in [-0.05, 0) is 30.7 Å². The molecule has 0 fully saturated rings. The minimum Gasteiger partial charge on any atom is -0.384 e. The van der Waals surface area contributed by atoms with E-state index >= 15 is 0 Å². The lowest BCUT2D eigenvalue weighted by atomic mass is 10.2. The fourth-order valence-electron chi connectivity index (χ4n) is 1.51. The predicted octanol–water partition coefficient (Wildman–Crippen LogP) is 1.91. The van der Waals surface area contributed by atoms with Crippen LogP contribution in [0.2, 0.25) is 0 Å². The Balaban J connectivity index is 2.39. The van der Waals surface area contributed by atoms with Crippen molar-refractivity contribution in [2.45, 2.75) is 11.8 Å². The van der Waals surface area contributed by atoms with E-state index in [1.165, 1.54) is 24.3 Å². The van der Waals surface area contributed by atoms with Crippen LogP contribution in [-0.2, 0) is 10.0 Å². The number of hydrogen-bond acceptors (Lipinski definition) is 4. The number of nitrogens with one attached hydrogen (secondary N) is 1. The van der Waals surface area contributed by atoms with Crippen LogP contribution >= 0.6 is 0 Å². The van der Waals surface area contributed by atoms with E-state index in [4.69, 9.17) is 5.73 Å². The highest BCUT2D eigenvalue weighted by atomic mass is 32.2. The van der Waals surface area contributed by atoms with Crippen LogP contribution < -0.4 is 10.5 Å². The van der Waals surface area contributed by atoms with E-state index in [0.717, 1.165) is 6.20 Å². The smallest absolute Gasteiger partial charge is 0.263 e. The number of pyridine rings is 1. The number of sulfonamides is 1. The van der Waals surface area contributed by atoms with E-state index in [1.807, 2.05) is 0 Å². The summed E-state index contributed by atoms with van der Waals surface area (Å²) >= 11 is 0. The number of aromatic nitrogens is 1.